The number of rotatable bonds is 5. The molecule has 2 aliphatic rings. The maximum atomic E-state index is 11.8. The van der Waals surface area contributed by atoms with Gasteiger partial charge in [0, 0.05) is 49.8 Å². The summed E-state index contributed by atoms with van der Waals surface area (Å²) in [7, 11) is 0. The van der Waals surface area contributed by atoms with Gasteiger partial charge >= 0.3 is 0 Å². The zero-order valence-corrected chi connectivity index (χ0v) is 12.4. The number of nitrogens with one attached hydrogen (secondary N) is 1. The highest BCUT2D eigenvalue weighted by Crippen LogP contribution is 2.19. The molecule has 1 aromatic heterocycles. The summed E-state index contributed by atoms with van der Waals surface area (Å²) in [4.78, 5) is 21.7. The van der Waals surface area contributed by atoms with E-state index in [1.807, 2.05) is 6.20 Å². The van der Waals surface area contributed by atoms with Gasteiger partial charge in [-0.15, -0.1) is 11.3 Å². The molecule has 0 atom stereocenters. The summed E-state index contributed by atoms with van der Waals surface area (Å²) in [5.74, 6) is 0.177. The van der Waals surface area contributed by atoms with Crippen LogP contribution >= 0.6 is 11.3 Å². The fourth-order valence-corrected chi connectivity index (χ4v) is 3.15. The number of carbonyl (C=O) groups excluding carboxylic acids is 1. The van der Waals surface area contributed by atoms with Gasteiger partial charge in [-0.25, -0.2) is 4.98 Å². The molecule has 7 heteroatoms. The summed E-state index contributed by atoms with van der Waals surface area (Å²) in [5.41, 5.74) is 5.64. The van der Waals surface area contributed by atoms with Crippen molar-refractivity contribution in [2.45, 2.75) is 25.4 Å². The molecule has 0 spiro atoms. The van der Waals surface area contributed by atoms with Crippen molar-refractivity contribution in [1.29, 1.82) is 0 Å². The Labute approximate surface area is 123 Å². The van der Waals surface area contributed by atoms with Crippen LogP contribution in [0.5, 0.6) is 0 Å². The zero-order chi connectivity index (χ0) is 13.9. The number of hydrogen-bond donors (Lipinski definition) is 2. The molecule has 1 aliphatic heterocycles. The first kappa shape index (κ1) is 13.8. The van der Waals surface area contributed by atoms with Gasteiger partial charge in [-0.3, -0.25) is 14.6 Å². The van der Waals surface area contributed by atoms with Crippen LogP contribution in [0, 0.1) is 0 Å². The lowest BCUT2D eigenvalue weighted by molar-refractivity contribution is -0.122. The molecule has 3 N–H and O–H groups in total. The predicted molar refractivity (Wildman–Crippen MR) is 79.4 cm³/mol. The number of nitrogens with two attached hydrogens (primary N) is 1. The second-order valence-corrected chi connectivity index (χ2v) is 6.71. The molecule has 0 bridgehead atoms. The summed E-state index contributed by atoms with van der Waals surface area (Å²) < 4.78 is 0. The lowest BCUT2D eigenvalue weighted by Gasteiger charge is -2.33. The standard InChI is InChI=1S/C13H21N5OS/c14-13-15-7-11(20-13)8-17-3-5-18(6-4-17)9-12(19)16-10-1-2-10/h7,10H,1-6,8-9H2,(H2,14,15)(H,16,19). The third-order valence-corrected chi connectivity index (χ3v) is 4.54. The number of nitrogen functional groups attached to an aromatic ring is 1. The average molecular weight is 295 g/mol. The summed E-state index contributed by atoms with van der Waals surface area (Å²) in [5, 5.41) is 3.67. The third kappa shape index (κ3) is 3.91. The van der Waals surface area contributed by atoms with Crippen LogP contribution in [-0.2, 0) is 11.3 Å². The Bertz CT molecular complexity index is 465. The van der Waals surface area contributed by atoms with Gasteiger partial charge in [0.05, 0.1) is 6.54 Å². The fourth-order valence-electron chi connectivity index (χ4n) is 2.43. The van der Waals surface area contributed by atoms with Crippen molar-refractivity contribution in [2.24, 2.45) is 0 Å². The van der Waals surface area contributed by atoms with Gasteiger partial charge in [0.2, 0.25) is 5.91 Å². The van der Waals surface area contributed by atoms with Crippen molar-refractivity contribution in [2.75, 3.05) is 38.5 Å². The number of aromatic nitrogens is 1. The van der Waals surface area contributed by atoms with Crippen molar-refractivity contribution in [3.8, 4) is 0 Å². The minimum Gasteiger partial charge on any atom is -0.375 e. The summed E-state index contributed by atoms with van der Waals surface area (Å²) in [6.07, 6.45) is 4.16. The van der Waals surface area contributed by atoms with Crippen LogP contribution in [0.15, 0.2) is 6.20 Å². The fraction of sp³-hybridized carbons (Fsp3) is 0.692. The van der Waals surface area contributed by atoms with E-state index < -0.39 is 0 Å². The Hall–Kier alpha value is -1.18. The van der Waals surface area contributed by atoms with Gasteiger partial charge in [-0.05, 0) is 12.8 Å². The van der Waals surface area contributed by atoms with Crippen LogP contribution in [0.4, 0.5) is 5.13 Å². The maximum absolute atomic E-state index is 11.8. The van der Waals surface area contributed by atoms with Crippen molar-refractivity contribution < 1.29 is 4.79 Å². The van der Waals surface area contributed by atoms with Crippen molar-refractivity contribution >= 4 is 22.4 Å². The molecule has 6 nitrogen and oxygen atoms in total. The molecule has 2 fully saturated rings. The average Bonchev–Trinajstić information content (AvgIpc) is 3.13. The van der Waals surface area contributed by atoms with E-state index in [0.29, 0.717) is 17.7 Å². The van der Waals surface area contributed by atoms with E-state index in [4.69, 9.17) is 5.73 Å². The highest BCUT2D eigenvalue weighted by atomic mass is 32.1. The zero-order valence-electron chi connectivity index (χ0n) is 11.5. The van der Waals surface area contributed by atoms with Crippen molar-refractivity contribution in [1.82, 2.24) is 20.1 Å². The van der Waals surface area contributed by atoms with Crippen LogP contribution in [0.25, 0.3) is 0 Å². The van der Waals surface area contributed by atoms with E-state index >= 15 is 0 Å². The first-order chi connectivity index (χ1) is 9.69. The Morgan fingerprint density at radius 3 is 2.65 bits per heavy atom. The predicted octanol–water partition coefficient (Wildman–Crippen LogP) is 0.122. The maximum Gasteiger partial charge on any atom is 0.234 e. The van der Waals surface area contributed by atoms with Gasteiger partial charge in [0.25, 0.3) is 0 Å². The summed E-state index contributed by atoms with van der Waals surface area (Å²) >= 11 is 1.55. The Morgan fingerprint density at radius 2 is 2.05 bits per heavy atom. The topological polar surface area (TPSA) is 74.5 Å². The van der Waals surface area contributed by atoms with Gasteiger partial charge in [0.1, 0.15) is 0 Å². The second-order valence-electron chi connectivity index (χ2n) is 5.56. The second kappa shape index (κ2) is 6.07. The highest BCUT2D eigenvalue weighted by molar-refractivity contribution is 7.15. The monoisotopic (exact) mass is 295 g/mol. The number of carbonyl (C=O) groups is 1. The Kier molecular flexibility index (Phi) is 4.18. The first-order valence-electron chi connectivity index (χ1n) is 7.13. The molecule has 1 saturated heterocycles. The van der Waals surface area contributed by atoms with Gasteiger partial charge in [-0.2, -0.15) is 0 Å². The number of anilines is 1. The number of amides is 1. The SMILES string of the molecule is Nc1ncc(CN2CCN(CC(=O)NC3CC3)CC2)s1. The molecule has 0 unspecified atom stereocenters. The normalized spacial score (nSPS) is 21.0. The Balaban J connectivity index is 1.38. The minimum absolute atomic E-state index is 0.177. The van der Waals surface area contributed by atoms with E-state index in [9.17, 15) is 4.79 Å². The molecule has 20 heavy (non-hydrogen) atoms. The van der Waals surface area contributed by atoms with E-state index in [1.165, 1.54) is 4.88 Å². The van der Waals surface area contributed by atoms with E-state index in [1.54, 1.807) is 11.3 Å². The summed E-state index contributed by atoms with van der Waals surface area (Å²) in [6, 6.07) is 0.459. The highest BCUT2D eigenvalue weighted by Gasteiger charge is 2.25. The van der Waals surface area contributed by atoms with Crippen LogP contribution in [0.2, 0.25) is 0 Å². The molecule has 1 amide bonds. The number of hydrogen-bond acceptors (Lipinski definition) is 6. The molecule has 110 valence electrons. The van der Waals surface area contributed by atoms with Gasteiger partial charge < -0.3 is 11.1 Å². The van der Waals surface area contributed by atoms with Crippen molar-refractivity contribution in [3.63, 3.8) is 0 Å². The molecule has 1 saturated carbocycles. The van der Waals surface area contributed by atoms with E-state index in [0.717, 1.165) is 45.6 Å². The van der Waals surface area contributed by atoms with Crippen LogP contribution in [-0.4, -0.2) is 59.5 Å². The van der Waals surface area contributed by atoms with E-state index in [2.05, 4.69) is 20.1 Å². The number of nitrogens with zero attached hydrogens (tertiary/aromatic N) is 3. The smallest absolute Gasteiger partial charge is 0.234 e. The molecule has 0 aromatic carbocycles. The number of thiazole rings is 1. The van der Waals surface area contributed by atoms with Crippen LogP contribution < -0.4 is 11.1 Å². The first-order valence-corrected chi connectivity index (χ1v) is 7.95. The molecule has 3 rings (SSSR count). The molecule has 1 aromatic rings. The summed E-state index contributed by atoms with van der Waals surface area (Å²) in [6.45, 7) is 5.34. The molecular weight excluding hydrogens is 274 g/mol. The molecule has 0 radical (unpaired) electrons. The largest absolute Gasteiger partial charge is 0.375 e. The third-order valence-electron chi connectivity index (χ3n) is 3.73. The van der Waals surface area contributed by atoms with Gasteiger partial charge in [-0.1, -0.05) is 0 Å². The Morgan fingerprint density at radius 1 is 1.35 bits per heavy atom. The molecular formula is C13H21N5OS. The lowest BCUT2D eigenvalue weighted by Crippen LogP contribution is -2.49. The quantitative estimate of drug-likeness (QED) is 0.807. The lowest BCUT2D eigenvalue weighted by atomic mass is 10.3. The van der Waals surface area contributed by atoms with Crippen LogP contribution in [0.1, 0.15) is 17.7 Å². The van der Waals surface area contributed by atoms with Gasteiger partial charge in [0.15, 0.2) is 5.13 Å². The molecule has 1 aliphatic carbocycles. The van der Waals surface area contributed by atoms with Crippen LogP contribution in [0.3, 0.4) is 0 Å². The van der Waals surface area contributed by atoms with Crippen molar-refractivity contribution in [3.05, 3.63) is 11.1 Å². The minimum atomic E-state index is 0.177. The van der Waals surface area contributed by atoms with E-state index in [-0.39, 0.29) is 5.91 Å². The number of piperazine rings is 1. The molecule has 2 heterocycles.